The lowest BCUT2D eigenvalue weighted by Crippen LogP contribution is -2.30. The average molecular weight is 389 g/mol. The first-order valence-corrected chi connectivity index (χ1v) is 10.2. The summed E-state index contributed by atoms with van der Waals surface area (Å²) in [6.07, 6.45) is 0.902. The minimum Gasteiger partial charge on any atom is -0.440 e. The SMILES string of the molecule is Cc1nc(CCC(=O)N2C[C@@H](CN)[C@H](c3ccccc3)C2)oc1-c1ccccc1. The maximum absolute atomic E-state index is 12.8. The Bertz CT molecular complexity index is 953. The van der Waals surface area contributed by atoms with Crippen LogP contribution in [-0.4, -0.2) is 35.4 Å². The molecule has 0 spiro atoms. The van der Waals surface area contributed by atoms with Gasteiger partial charge in [0, 0.05) is 37.4 Å². The van der Waals surface area contributed by atoms with Gasteiger partial charge in [0.1, 0.15) is 0 Å². The van der Waals surface area contributed by atoms with Crippen LogP contribution in [0.4, 0.5) is 0 Å². The topological polar surface area (TPSA) is 72.4 Å². The summed E-state index contributed by atoms with van der Waals surface area (Å²) in [5, 5.41) is 0. The molecule has 5 nitrogen and oxygen atoms in total. The molecular weight excluding hydrogens is 362 g/mol. The number of aryl methyl sites for hydroxylation is 2. The third kappa shape index (κ3) is 4.25. The molecule has 1 aliphatic heterocycles. The van der Waals surface area contributed by atoms with Crippen molar-refractivity contribution in [2.75, 3.05) is 19.6 Å². The van der Waals surface area contributed by atoms with Crippen LogP contribution in [0.2, 0.25) is 0 Å². The predicted octanol–water partition coefficient (Wildman–Crippen LogP) is 3.78. The van der Waals surface area contributed by atoms with Gasteiger partial charge in [0.25, 0.3) is 0 Å². The zero-order valence-electron chi connectivity index (χ0n) is 16.8. The van der Waals surface area contributed by atoms with Crippen molar-refractivity contribution in [3.8, 4) is 11.3 Å². The van der Waals surface area contributed by atoms with Crippen molar-refractivity contribution in [3.63, 3.8) is 0 Å². The van der Waals surface area contributed by atoms with Gasteiger partial charge in [0.05, 0.1) is 5.69 Å². The number of hydrogen-bond acceptors (Lipinski definition) is 4. The van der Waals surface area contributed by atoms with Crippen molar-refractivity contribution in [1.29, 1.82) is 0 Å². The summed E-state index contributed by atoms with van der Waals surface area (Å²) in [6.45, 7) is 3.97. The Morgan fingerprint density at radius 2 is 1.79 bits per heavy atom. The molecule has 150 valence electrons. The third-order valence-corrected chi connectivity index (χ3v) is 5.75. The molecule has 2 atom stereocenters. The highest BCUT2D eigenvalue weighted by Gasteiger charge is 2.35. The highest BCUT2D eigenvalue weighted by molar-refractivity contribution is 5.77. The number of rotatable bonds is 6. The Balaban J connectivity index is 1.39. The van der Waals surface area contributed by atoms with Crippen LogP contribution >= 0.6 is 0 Å². The van der Waals surface area contributed by atoms with Gasteiger partial charge in [-0.25, -0.2) is 4.98 Å². The minimum atomic E-state index is 0.138. The van der Waals surface area contributed by atoms with Gasteiger partial charge in [-0.3, -0.25) is 4.79 Å². The highest BCUT2D eigenvalue weighted by atomic mass is 16.4. The van der Waals surface area contributed by atoms with E-state index in [4.69, 9.17) is 10.2 Å². The zero-order chi connectivity index (χ0) is 20.2. The van der Waals surface area contributed by atoms with Crippen molar-refractivity contribution in [1.82, 2.24) is 9.88 Å². The molecule has 5 heteroatoms. The number of aromatic nitrogens is 1. The number of oxazole rings is 1. The Kier molecular flexibility index (Phi) is 5.76. The molecule has 29 heavy (non-hydrogen) atoms. The van der Waals surface area contributed by atoms with Crippen LogP contribution in [0, 0.1) is 12.8 Å². The smallest absolute Gasteiger partial charge is 0.223 e. The molecule has 0 bridgehead atoms. The van der Waals surface area contributed by atoms with Gasteiger partial charge in [-0.15, -0.1) is 0 Å². The molecule has 1 saturated heterocycles. The van der Waals surface area contributed by atoms with E-state index in [2.05, 4.69) is 17.1 Å². The number of hydrogen-bond donors (Lipinski definition) is 1. The van der Waals surface area contributed by atoms with Crippen molar-refractivity contribution < 1.29 is 9.21 Å². The van der Waals surface area contributed by atoms with Crippen molar-refractivity contribution in [2.24, 2.45) is 11.7 Å². The van der Waals surface area contributed by atoms with E-state index in [-0.39, 0.29) is 5.91 Å². The van der Waals surface area contributed by atoms with Gasteiger partial charge in [0.15, 0.2) is 11.7 Å². The summed E-state index contributed by atoms with van der Waals surface area (Å²) < 4.78 is 5.94. The van der Waals surface area contributed by atoms with Crippen LogP contribution in [0.25, 0.3) is 11.3 Å². The van der Waals surface area contributed by atoms with Crippen molar-refractivity contribution >= 4 is 5.91 Å². The second kappa shape index (κ2) is 8.62. The Labute approximate surface area is 171 Å². The first kappa shape index (κ1) is 19.4. The molecular formula is C24H27N3O2. The average Bonchev–Trinajstić information content (AvgIpc) is 3.37. The number of carbonyl (C=O) groups excluding carboxylic acids is 1. The van der Waals surface area contributed by atoms with Crippen LogP contribution in [0.1, 0.15) is 29.5 Å². The molecule has 2 N–H and O–H groups in total. The molecule has 0 radical (unpaired) electrons. The second-order valence-corrected chi connectivity index (χ2v) is 7.70. The number of benzene rings is 2. The number of amides is 1. The van der Waals surface area contributed by atoms with Gasteiger partial charge in [-0.1, -0.05) is 60.7 Å². The summed E-state index contributed by atoms with van der Waals surface area (Å²) in [7, 11) is 0. The monoisotopic (exact) mass is 389 g/mol. The molecule has 0 saturated carbocycles. The minimum absolute atomic E-state index is 0.138. The Morgan fingerprint density at radius 3 is 2.48 bits per heavy atom. The number of nitrogens with two attached hydrogens (primary N) is 1. The number of nitrogens with zero attached hydrogens (tertiary/aromatic N) is 2. The third-order valence-electron chi connectivity index (χ3n) is 5.75. The van der Waals surface area contributed by atoms with Gasteiger partial charge in [-0.05, 0) is 24.9 Å². The van der Waals surface area contributed by atoms with E-state index >= 15 is 0 Å². The summed E-state index contributed by atoms with van der Waals surface area (Å²) in [6, 6.07) is 20.3. The van der Waals surface area contributed by atoms with E-state index in [0.717, 1.165) is 30.1 Å². The molecule has 2 heterocycles. The molecule has 1 aromatic heterocycles. The van der Waals surface area contributed by atoms with Gasteiger partial charge in [-0.2, -0.15) is 0 Å². The molecule has 3 aromatic rings. The van der Waals surface area contributed by atoms with Gasteiger partial charge >= 0.3 is 0 Å². The normalized spacial score (nSPS) is 18.9. The van der Waals surface area contributed by atoms with E-state index in [0.29, 0.717) is 37.1 Å². The highest BCUT2D eigenvalue weighted by Crippen LogP contribution is 2.32. The molecule has 4 rings (SSSR count). The number of carbonyl (C=O) groups is 1. The van der Waals surface area contributed by atoms with Crippen LogP contribution in [0.3, 0.4) is 0 Å². The molecule has 0 aliphatic carbocycles. The largest absolute Gasteiger partial charge is 0.440 e. The van der Waals surface area contributed by atoms with E-state index in [1.807, 2.05) is 60.4 Å². The predicted molar refractivity (Wildman–Crippen MR) is 113 cm³/mol. The van der Waals surface area contributed by atoms with Crippen LogP contribution in [0.5, 0.6) is 0 Å². The van der Waals surface area contributed by atoms with Crippen molar-refractivity contribution in [3.05, 3.63) is 77.8 Å². The van der Waals surface area contributed by atoms with Gasteiger partial charge < -0.3 is 15.1 Å². The molecule has 2 aromatic carbocycles. The van der Waals surface area contributed by atoms with E-state index in [9.17, 15) is 4.79 Å². The van der Waals surface area contributed by atoms with Crippen LogP contribution in [-0.2, 0) is 11.2 Å². The summed E-state index contributed by atoms with van der Waals surface area (Å²) in [5.41, 5.74) is 9.12. The summed E-state index contributed by atoms with van der Waals surface area (Å²) >= 11 is 0. The summed E-state index contributed by atoms with van der Waals surface area (Å²) in [4.78, 5) is 19.3. The molecule has 1 amide bonds. The molecule has 1 fully saturated rings. The lowest BCUT2D eigenvalue weighted by Gasteiger charge is -2.16. The summed E-state index contributed by atoms with van der Waals surface area (Å²) in [5.74, 6) is 2.14. The van der Waals surface area contributed by atoms with Crippen LogP contribution < -0.4 is 5.73 Å². The fourth-order valence-corrected chi connectivity index (χ4v) is 4.18. The quantitative estimate of drug-likeness (QED) is 0.696. The first-order chi connectivity index (χ1) is 14.2. The Hall–Kier alpha value is -2.92. The Morgan fingerprint density at radius 1 is 1.10 bits per heavy atom. The van der Waals surface area contributed by atoms with E-state index in [1.165, 1.54) is 5.56 Å². The van der Waals surface area contributed by atoms with Gasteiger partial charge in [0.2, 0.25) is 5.91 Å². The molecule has 1 aliphatic rings. The van der Waals surface area contributed by atoms with E-state index in [1.54, 1.807) is 0 Å². The first-order valence-electron chi connectivity index (χ1n) is 10.2. The second-order valence-electron chi connectivity index (χ2n) is 7.70. The maximum atomic E-state index is 12.8. The van der Waals surface area contributed by atoms with Crippen LogP contribution in [0.15, 0.2) is 65.1 Å². The maximum Gasteiger partial charge on any atom is 0.223 e. The fourth-order valence-electron chi connectivity index (χ4n) is 4.18. The lowest BCUT2D eigenvalue weighted by atomic mass is 9.89. The van der Waals surface area contributed by atoms with Crippen molar-refractivity contribution in [2.45, 2.75) is 25.7 Å². The zero-order valence-corrected chi connectivity index (χ0v) is 16.8. The number of likely N-dealkylation sites (tertiary alicyclic amines) is 1. The van der Waals surface area contributed by atoms with E-state index < -0.39 is 0 Å². The fraction of sp³-hybridized carbons (Fsp3) is 0.333. The molecule has 0 unspecified atom stereocenters. The lowest BCUT2D eigenvalue weighted by molar-refractivity contribution is -0.130. The standard InChI is InChI=1S/C24H27N3O2/c1-17-24(19-10-6-3-7-11-19)29-22(26-17)12-13-23(28)27-15-20(14-25)21(16-27)18-8-4-2-5-9-18/h2-11,20-21H,12-16,25H2,1H3/t20-,21+/m1/s1.